The van der Waals surface area contributed by atoms with E-state index in [0.717, 1.165) is 24.3 Å². The van der Waals surface area contributed by atoms with Crippen molar-refractivity contribution < 1.29 is 9.72 Å². The van der Waals surface area contributed by atoms with E-state index in [0.29, 0.717) is 11.1 Å². The first-order chi connectivity index (χ1) is 11.4. The number of carbonyl (C=O) groups excluding carboxylic acids is 1. The van der Waals surface area contributed by atoms with Crippen LogP contribution in [0.15, 0.2) is 18.2 Å². The Labute approximate surface area is 140 Å². The molecule has 1 aromatic rings. The van der Waals surface area contributed by atoms with Crippen LogP contribution < -0.4 is 11.1 Å². The third-order valence-corrected chi connectivity index (χ3v) is 6.30. The molecule has 4 saturated carbocycles. The molecule has 1 aromatic carbocycles. The number of rotatable bonds is 5. The molecule has 0 saturated heterocycles. The molecule has 0 aromatic heterocycles. The molecule has 0 aliphatic heterocycles. The second kappa shape index (κ2) is 5.46. The van der Waals surface area contributed by atoms with Gasteiger partial charge in [0, 0.05) is 18.2 Å². The molecule has 3 N–H and O–H groups in total. The van der Waals surface area contributed by atoms with Crippen LogP contribution in [0.4, 0.5) is 11.4 Å². The van der Waals surface area contributed by atoms with Gasteiger partial charge in [0.1, 0.15) is 5.69 Å². The molecule has 0 unspecified atom stereocenters. The van der Waals surface area contributed by atoms with E-state index in [1.54, 1.807) is 12.1 Å². The number of anilines is 1. The summed E-state index contributed by atoms with van der Waals surface area (Å²) in [5, 5.41) is 14.7. The molecule has 4 fully saturated rings. The van der Waals surface area contributed by atoms with Gasteiger partial charge in [-0.25, -0.2) is 0 Å². The highest BCUT2D eigenvalue weighted by atomic mass is 16.6. The van der Waals surface area contributed by atoms with Crippen molar-refractivity contribution in [3.05, 3.63) is 33.9 Å². The van der Waals surface area contributed by atoms with Crippen LogP contribution in [-0.4, -0.2) is 17.4 Å². The zero-order valence-electron chi connectivity index (χ0n) is 13.7. The summed E-state index contributed by atoms with van der Waals surface area (Å²) in [4.78, 5) is 22.1. The van der Waals surface area contributed by atoms with Crippen LogP contribution in [0.25, 0.3) is 0 Å². The molecule has 6 nitrogen and oxygen atoms in total. The van der Waals surface area contributed by atoms with Crippen LogP contribution >= 0.6 is 0 Å². The van der Waals surface area contributed by atoms with E-state index in [4.69, 9.17) is 5.73 Å². The number of nitrogens with two attached hydrogens (primary N) is 1. The van der Waals surface area contributed by atoms with E-state index in [2.05, 4.69) is 5.32 Å². The zero-order chi connectivity index (χ0) is 16.9. The third kappa shape index (κ3) is 2.64. The lowest BCUT2D eigenvalue weighted by Gasteiger charge is -2.57. The Balaban J connectivity index is 1.54. The average Bonchev–Trinajstić information content (AvgIpc) is 2.51. The van der Waals surface area contributed by atoms with Gasteiger partial charge < -0.3 is 11.1 Å². The number of amides is 1. The third-order valence-electron chi connectivity index (χ3n) is 6.30. The molecule has 4 aliphatic rings. The van der Waals surface area contributed by atoms with Gasteiger partial charge in [-0.1, -0.05) is 0 Å². The van der Waals surface area contributed by atoms with Gasteiger partial charge in [0.15, 0.2) is 0 Å². The van der Waals surface area contributed by atoms with Gasteiger partial charge in [0.25, 0.3) is 5.69 Å². The summed E-state index contributed by atoms with van der Waals surface area (Å²) in [6.45, 7) is 0.785. The van der Waals surface area contributed by atoms with Gasteiger partial charge in [0.05, 0.1) is 4.92 Å². The van der Waals surface area contributed by atoms with Crippen LogP contribution in [0, 0.1) is 33.3 Å². The standard InChI is InChI=1S/C18H23N3O3/c19-17(22)14-1-2-15(16(6-14)21(23)24)20-10-18-7-11-3-12(8-18)5-13(4-11)9-18/h1-2,6,11-13,20H,3-5,7-10H2,(H2,19,22). The molecule has 6 heteroatoms. The predicted octanol–water partition coefficient (Wildman–Crippen LogP) is 3.32. The first-order valence-corrected chi connectivity index (χ1v) is 8.76. The fourth-order valence-electron chi connectivity index (χ4n) is 5.77. The van der Waals surface area contributed by atoms with E-state index < -0.39 is 10.8 Å². The Morgan fingerprint density at radius 2 is 1.79 bits per heavy atom. The lowest BCUT2D eigenvalue weighted by Crippen LogP contribution is -2.49. The molecule has 0 radical (unpaired) electrons. The quantitative estimate of drug-likeness (QED) is 0.639. The summed E-state index contributed by atoms with van der Waals surface area (Å²) in [5.41, 5.74) is 6.11. The average molecular weight is 329 g/mol. The maximum Gasteiger partial charge on any atom is 0.293 e. The van der Waals surface area contributed by atoms with Crippen molar-refractivity contribution in [2.75, 3.05) is 11.9 Å². The van der Waals surface area contributed by atoms with Crippen LogP contribution in [0.5, 0.6) is 0 Å². The first kappa shape index (κ1) is 15.4. The molecular formula is C18H23N3O3. The molecule has 0 atom stereocenters. The van der Waals surface area contributed by atoms with Gasteiger partial charge in [-0.3, -0.25) is 14.9 Å². The molecule has 4 bridgehead atoms. The molecule has 4 aliphatic carbocycles. The number of benzene rings is 1. The number of hydrogen-bond donors (Lipinski definition) is 2. The lowest BCUT2D eigenvalue weighted by molar-refractivity contribution is -0.384. The molecule has 1 amide bonds. The maximum atomic E-state index is 11.3. The fraction of sp³-hybridized carbons (Fsp3) is 0.611. The van der Waals surface area contributed by atoms with Crippen LogP contribution in [0.2, 0.25) is 0 Å². The van der Waals surface area contributed by atoms with Crippen molar-refractivity contribution in [3.63, 3.8) is 0 Å². The highest BCUT2D eigenvalue weighted by Gasteiger charge is 2.50. The van der Waals surface area contributed by atoms with E-state index in [9.17, 15) is 14.9 Å². The number of hydrogen-bond acceptors (Lipinski definition) is 4. The highest BCUT2D eigenvalue weighted by Crippen LogP contribution is 2.60. The SMILES string of the molecule is NC(=O)c1ccc(NCC23CC4CC(CC(C4)C2)C3)c([N+](=O)[O-])c1. The topological polar surface area (TPSA) is 98.3 Å². The maximum absolute atomic E-state index is 11.3. The highest BCUT2D eigenvalue weighted by molar-refractivity contribution is 5.94. The molecule has 24 heavy (non-hydrogen) atoms. The van der Waals surface area contributed by atoms with Gasteiger partial charge in [-0.05, 0) is 73.8 Å². The minimum Gasteiger partial charge on any atom is -0.379 e. The molecular weight excluding hydrogens is 306 g/mol. The van der Waals surface area contributed by atoms with E-state index in [-0.39, 0.29) is 11.3 Å². The molecule has 5 rings (SSSR count). The summed E-state index contributed by atoms with van der Waals surface area (Å²) in [6.07, 6.45) is 7.89. The summed E-state index contributed by atoms with van der Waals surface area (Å²) < 4.78 is 0. The molecule has 0 spiro atoms. The minimum atomic E-state index is -0.647. The number of nitrogens with one attached hydrogen (secondary N) is 1. The number of primary amides is 1. The van der Waals surface area contributed by atoms with Crippen molar-refractivity contribution in [1.82, 2.24) is 0 Å². The van der Waals surface area contributed by atoms with Crippen LogP contribution in [0.3, 0.4) is 0 Å². The molecule has 0 heterocycles. The summed E-state index contributed by atoms with van der Waals surface area (Å²) in [5.74, 6) is 1.91. The van der Waals surface area contributed by atoms with E-state index in [1.165, 1.54) is 44.6 Å². The van der Waals surface area contributed by atoms with Crippen LogP contribution in [0.1, 0.15) is 48.9 Å². The number of carbonyl (C=O) groups is 1. The second-order valence-corrected chi connectivity index (χ2v) is 8.12. The predicted molar refractivity (Wildman–Crippen MR) is 90.7 cm³/mol. The van der Waals surface area contributed by atoms with E-state index in [1.807, 2.05) is 0 Å². The first-order valence-electron chi connectivity index (χ1n) is 8.76. The second-order valence-electron chi connectivity index (χ2n) is 8.12. The van der Waals surface area contributed by atoms with Gasteiger partial charge in [-0.15, -0.1) is 0 Å². The Kier molecular flexibility index (Phi) is 3.51. The Hall–Kier alpha value is -2.11. The van der Waals surface area contributed by atoms with Gasteiger partial charge in [-0.2, -0.15) is 0 Å². The summed E-state index contributed by atoms with van der Waals surface area (Å²) in [7, 11) is 0. The normalized spacial score (nSPS) is 33.4. The largest absolute Gasteiger partial charge is 0.379 e. The minimum absolute atomic E-state index is 0.0731. The van der Waals surface area contributed by atoms with Crippen molar-refractivity contribution >= 4 is 17.3 Å². The van der Waals surface area contributed by atoms with Crippen molar-refractivity contribution in [3.8, 4) is 0 Å². The number of nitro groups is 1. The molecule has 128 valence electrons. The monoisotopic (exact) mass is 329 g/mol. The number of nitrogens with zero attached hydrogens (tertiary/aromatic N) is 1. The Morgan fingerprint density at radius 3 is 2.29 bits per heavy atom. The van der Waals surface area contributed by atoms with Crippen molar-refractivity contribution in [1.29, 1.82) is 0 Å². The zero-order valence-corrected chi connectivity index (χ0v) is 13.7. The van der Waals surface area contributed by atoms with Crippen molar-refractivity contribution in [2.24, 2.45) is 28.9 Å². The lowest BCUT2D eigenvalue weighted by atomic mass is 9.49. The number of nitro benzene ring substituents is 1. The Morgan fingerprint density at radius 1 is 1.21 bits per heavy atom. The summed E-state index contributed by atoms with van der Waals surface area (Å²) >= 11 is 0. The fourth-order valence-corrected chi connectivity index (χ4v) is 5.77. The van der Waals surface area contributed by atoms with E-state index >= 15 is 0 Å². The smallest absolute Gasteiger partial charge is 0.293 e. The Bertz CT molecular complexity index is 665. The van der Waals surface area contributed by atoms with Crippen LogP contribution in [-0.2, 0) is 0 Å². The van der Waals surface area contributed by atoms with Gasteiger partial charge in [0.2, 0.25) is 5.91 Å². The summed E-state index contributed by atoms with van der Waals surface area (Å²) in [6, 6.07) is 4.43. The van der Waals surface area contributed by atoms with Gasteiger partial charge >= 0.3 is 0 Å². The van der Waals surface area contributed by atoms with Crippen molar-refractivity contribution in [2.45, 2.75) is 38.5 Å².